The molecule has 1 fully saturated rings. The molecule has 0 heterocycles. The van der Waals surface area contributed by atoms with Crippen LogP contribution in [0.4, 0.5) is 0 Å². The van der Waals surface area contributed by atoms with E-state index in [4.69, 9.17) is 5.26 Å². The van der Waals surface area contributed by atoms with Crippen LogP contribution in [0.3, 0.4) is 0 Å². The smallest absolute Gasteiger partial charge is 0.243 e. The maximum absolute atomic E-state index is 12.6. The molecule has 0 amide bonds. The van der Waals surface area contributed by atoms with E-state index >= 15 is 0 Å². The number of nitriles is 1. The third-order valence-corrected chi connectivity index (χ3v) is 5.94. The zero-order valence-corrected chi connectivity index (χ0v) is 12.9. The first-order valence-corrected chi connectivity index (χ1v) is 8.53. The summed E-state index contributed by atoms with van der Waals surface area (Å²) in [6.07, 6.45) is 2.86. The summed E-state index contributed by atoms with van der Waals surface area (Å²) >= 11 is 0. The normalized spacial score (nSPS) is 23.0. The highest BCUT2D eigenvalue weighted by Gasteiger charge is 2.34. The number of hydrogen-bond donors (Lipinski definition) is 1. The van der Waals surface area contributed by atoms with Gasteiger partial charge in [-0.3, -0.25) is 0 Å². The van der Waals surface area contributed by atoms with Gasteiger partial charge in [0.05, 0.1) is 29.5 Å². The quantitative estimate of drug-likeness (QED) is 0.917. The van der Waals surface area contributed by atoms with Crippen molar-refractivity contribution in [2.75, 3.05) is 7.05 Å². The van der Waals surface area contributed by atoms with Gasteiger partial charge < -0.3 is 5.11 Å². The van der Waals surface area contributed by atoms with E-state index in [1.54, 1.807) is 12.1 Å². The zero-order valence-electron chi connectivity index (χ0n) is 12.1. The van der Waals surface area contributed by atoms with E-state index in [0.717, 1.165) is 18.4 Å². The average Bonchev–Trinajstić information content (AvgIpc) is 2.48. The first-order valence-electron chi connectivity index (χ1n) is 7.09. The lowest BCUT2D eigenvalue weighted by Crippen LogP contribution is -2.46. The van der Waals surface area contributed by atoms with E-state index in [1.165, 1.54) is 23.5 Å². The van der Waals surface area contributed by atoms with Gasteiger partial charge in [0.25, 0.3) is 0 Å². The highest BCUT2D eigenvalue weighted by atomic mass is 32.2. The molecule has 1 aliphatic rings. The van der Waals surface area contributed by atoms with Crippen molar-refractivity contribution in [3.8, 4) is 6.07 Å². The summed E-state index contributed by atoms with van der Waals surface area (Å²) in [6.45, 7) is 0. The summed E-state index contributed by atoms with van der Waals surface area (Å²) < 4.78 is 26.5. The molecule has 2 unspecified atom stereocenters. The first kappa shape index (κ1) is 16.0. The minimum absolute atomic E-state index is 0.199. The van der Waals surface area contributed by atoms with Crippen molar-refractivity contribution in [1.29, 1.82) is 5.26 Å². The van der Waals surface area contributed by atoms with E-state index in [1.807, 2.05) is 6.07 Å². The fourth-order valence-corrected chi connectivity index (χ4v) is 4.15. The highest BCUT2D eigenvalue weighted by molar-refractivity contribution is 7.89. The van der Waals surface area contributed by atoms with Gasteiger partial charge in [-0.25, -0.2) is 8.42 Å². The average molecular weight is 308 g/mol. The third-order valence-electron chi connectivity index (χ3n) is 4.04. The molecule has 6 heteroatoms. The van der Waals surface area contributed by atoms with Crippen molar-refractivity contribution in [2.45, 2.75) is 49.1 Å². The van der Waals surface area contributed by atoms with E-state index in [-0.39, 0.29) is 17.4 Å². The Morgan fingerprint density at radius 3 is 2.48 bits per heavy atom. The van der Waals surface area contributed by atoms with Gasteiger partial charge in [-0.2, -0.15) is 9.57 Å². The second-order valence-electron chi connectivity index (χ2n) is 5.42. The molecule has 1 N–H and O–H groups in total. The van der Waals surface area contributed by atoms with Crippen LogP contribution < -0.4 is 0 Å². The first-order chi connectivity index (χ1) is 9.96. The second kappa shape index (κ2) is 6.56. The van der Waals surface area contributed by atoms with Gasteiger partial charge in [-0.1, -0.05) is 25.0 Å². The van der Waals surface area contributed by atoms with Crippen molar-refractivity contribution in [1.82, 2.24) is 4.31 Å². The molecule has 1 aromatic rings. The zero-order chi connectivity index (χ0) is 15.5. The molecule has 2 rings (SSSR count). The summed E-state index contributed by atoms with van der Waals surface area (Å²) in [4.78, 5) is 0.199. The van der Waals surface area contributed by atoms with Crippen LogP contribution in [-0.2, 0) is 16.4 Å². The Hall–Kier alpha value is -1.42. The number of aliphatic hydroxyl groups excluding tert-OH is 1. The molecule has 0 saturated heterocycles. The van der Waals surface area contributed by atoms with Crippen molar-refractivity contribution >= 4 is 10.0 Å². The van der Waals surface area contributed by atoms with Crippen molar-refractivity contribution < 1.29 is 13.5 Å². The second-order valence-corrected chi connectivity index (χ2v) is 7.42. The maximum atomic E-state index is 12.6. The van der Waals surface area contributed by atoms with Gasteiger partial charge in [0.1, 0.15) is 0 Å². The molecule has 21 heavy (non-hydrogen) atoms. The fourth-order valence-electron chi connectivity index (χ4n) is 2.73. The van der Waals surface area contributed by atoms with Gasteiger partial charge in [-0.05, 0) is 30.5 Å². The van der Waals surface area contributed by atoms with Gasteiger partial charge in [0, 0.05) is 7.05 Å². The predicted molar refractivity (Wildman–Crippen MR) is 79.0 cm³/mol. The number of rotatable bonds is 4. The van der Waals surface area contributed by atoms with Crippen LogP contribution in [0.2, 0.25) is 0 Å². The van der Waals surface area contributed by atoms with E-state index in [9.17, 15) is 13.5 Å². The molecule has 0 aliphatic heterocycles. The minimum atomic E-state index is -3.61. The van der Waals surface area contributed by atoms with Crippen LogP contribution in [0, 0.1) is 11.3 Å². The minimum Gasteiger partial charge on any atom is -0.391 e. The molecular formula is C15H20N2O3S. The lowest BCUT2D eigenvalue weighted by atomic mass is 9.93. The van der Waals surface area contributed by atoms with Gasteiger partial charge in [0.15, 0.2) is 0 Å². The summed E-state index contributed by atoms with van der Waals surface area (Å²) in [5, 5.41) is 18.7. The van der Waals surface area contributed by atoms with E-state index in [2.05, 4.69) is 0 Å². The summed E-state index contributed by atoms with van der Waals surface area (Å²) in [6, 6.07) is 8.02. The number of sulfonamides is 1. The molecule has 0 aromatic heterocycles. The van der Waals surface area contributed by atoms with Crippen LogP contribution in [0.5, 0.6) is 0 Å². The molecule has 1 saturated carbocycles. The summed E-state index contributed by atoms with van der Waals surface area (Å²) in [5.41, 5.74) is 0.789. The van der Waals surface area contributed by atoms with Crippen LogP contribution in [-0.4, -0.2) is 37.0 Å². The Morgan fingerprint density at radius 2 is 1.90 bits per heavy atom. The molecular weight excluding hydrogens is 288 g/mol. The number of nitrogens with zero attached hydrogens (tertiary/aromatic N) is 2. The molecule has 1 aliphatic carbocycles. The van der Waals surface area contributed by atoms with Gasteiger partial charge >= 0.3 is 0 Å². The number of hydrogen-bond acceptors (Lipinski definition) is 4. The third kappa shape index (κ3) is 3.43. The predicted octanol–water partition coefficient (Wildman–Crippen LogP) is 1.68. The van der Waals surface area contributed by atoms with Gasteiger partial charge in [0.2, 0.25) is 10.0 Å². The van der Waals surface area contributed by atoms with Crippen molar-refractivity contribution in [3.63, 3.8) is 0 Å². The Labute approximate surface area is 125 Å². The monoisotopic (exact) mass is 308 g/mol. The number of benzene rings is 1. The van der Waals surface area contributed by atoms with Crippen LogP contribution in [0.25, 0.3) is 0 Å². The lowest BCUT2D eigenvalue weighted by Gasteiger charge is -2.34. The van der Waals surface area contributed by atoms with Crippen molar-refractivity contribution in [2.24, 2.45) is 0 Å². The summed E-state index contributed by atoms with van der Waals surface area (Å²) in [7, 11) is -2.09. The Bertz CT molecular complexity index is 619. The molecule has 0 radical (unpaired) electrons. The summed E-state index contributed by atoms with van der Waals surface area (Å²) in [5.74, 6) is 0. The van der Waals surface area contributed by atoms with Crippen molar-refractivity contribution in [3.05, 3.63) is 29.8 Å². The number of likely N-dealkylation sites (N-methyl/N-ethyl adjacent to an activating group) is 1. The standard InChI is InChI=1S/C15H20N2O3S/c1-17(14-4-2-3-5-15(14)18)21(19,20)13-8-6-12(7-9-13)10-11-16/h6-9,14-15,18H,2-5,10H2,1H3. The largest absolute Gasteiger partial charge is 0.391 e. The Balaban J connectivity index is 2.22. The van der Waals surface area contributed by atoms with Gasteiger partial charge in [-0.15, -0.1) is 0 Å². The van der Waals surface area contributed by atoms with E-state index < -0.39 is 16.1 Å². The molecule has 114 valence electrons. The Morgan fingerprint density at radius 1 is 1.29 bits per heavy atom. The van der Waals surface area contributed by atoms with Crippen LogP contribution in [0.15, 0.2) is 29.2 Å². The topological polar surface area (TPSA) is 81.4 Å². The molecule has 2 atom stereocenters. The molecule has 5 nitrogen and oxygen atoms in total. The Kier molecular flexibility index (Phi) is 4.99. The number of aliphatic hydroxyl groups is 1. The maximum Gasteiger partial charge on any atom is 0.243 e. The van der Waals surface area contributed by atoms with Crippen LogP contribution >= 0.6 is 0 Å². The van der Waals surface area contributed by atoms with E-state index in [0.29, 0.717) is 12.8 Å². The molecule has 1 aromatic carbocycles. The van der Waals surface area contributed by atoms with Crippen LogP contribution in [0.1, 0.15) is 31.2 Å². The lowest BCUT2D eigenvalue weighted by molar-refractivity contribution is 0.0638. The fraction of sp³-hybridized carbons (Fsp3) is 0.533. The molecule has 0 bridgehead atoms. The SMILES string of the molecule is CN(C1CCCCC1O)S(=O)(=O)c1ccc(CC#N)cc1. The highest BCUT2D eigenvalue weighted by Crippen LogP contribution is 2.27. The molecule has 0 spiro atoms.